The van der Waals surface area contributed by atoms with Crippen molar-refractivity contribution in [3.05, 3.63) is 0 Å². The van der Waals surface area contributed by atoms with Crippen LogP contribution in [0.1, 0.15) is 33.6 Å². The molecule has 1 saturated carbocycles. The van der Waals surface area contributed by atoms with E-state index < -0.39 is 0 Å². The van der Waals surface area contributed by atoms with Crippen LogP contribution in [-0.2, 0) is 9.53 Å². The third-order valence-corrected chi connectivity index (χ3v) is 3.09. The Kier molecular flexibility index (Phi) is 2.96. The van der Waals surface area contributed by atoms with Crippen molar-refractivity contribution in [1.29, 1.82) is 0 Å². The number of esters is 1. The Morgan fingerprint density at radius 3 is 2.23 bits per heavy atom. The fourth-order valence-electron chi connectivity index (χ4n) is 2.26. The molecule has 1 rings (SSSR count). The topological polar surface area (TPSA) is 52.3 Å². The molecule has 0 aliphatic heterocycles. The Hall–Kier alpha value is -0.570. The maximum Gasteiger partial charge on any atom is 0.303 e. The number of carbonyl (C=O) groups excluding carboxylic acids is 1. The number of nitrogens with two attached hydrogens (primary N) is 1. The van der Waals surface area contributed by atoms with Gasteiger partial charge in [0.05, 0.1) is 0 Å². The highest BCUT2D eigenvalue weighted by molar-refractivity contribution is 5.66. The van der Waals surface area contributed by atoms with Crippen molar-refractivity contribution >= 4 is 5.97 Å². The zero-order chi connectivity index (χ0) is 10.1. The molecule has 0 radical (unpaired) electrons. The zero-order valence-electron chi connectivity index (χ0n) is 8.67. The summed E-state index contributed by atoms with van der Waals surface area (Å²) in [6.45, 7) is 6.27. The first-order chi connectivity index (χ1) is 5.99. The first kappa shape index (κ1) is 10.5. The molecule has 0 aromatic carbocycles. The second kappa shape index (κ2) is 3.66. The van der Waals surface area contributed by atoms with E-state index in [1.54, 1.807) is 0 Å². The summed E-state index contributed by atoms with van der Waals surface area (Å²) in [4.78, 5) is 10.9. The van der Waals surface area contributed by atoms with Crippen LogP contribution in [-0.4, -0.2) is 18.1 Å². The van der Waals surface area contributed by atoms with Crippen molar-refractivity contribution in [3.8, 4) is 0 Å². The molecule has 1 fully saturated rings. The van der Waals surface area contributed by atoms with Crippen molar-refractivity contribution in [2.24, 2.45) is 17.6 Å². The molecular formula is C10H19NO2. The van der Waals surface area contributed by atoms with Crippen LogP contribution in [0.5, 0.6) is 0 Å². The predicted molar refractivity (Wildman–Crippen MR) is 51.1 cm³/mol. The Morgan fingerprint density at radius 2 is 1.92 bits per heavy atom. The number of hydrogen-bond donors (Lipinski definition) is 1. The van der Waals surface area contributed by atoms with Crippen LogP contribution in [0.2, 0.25) is 0 Å². The number of ether oxygens (including phenoxy) is 1. The zero-order valence-corrected chi connectivity index (χ0v) is 8.67. The normalized spacial score (nSPS) is 31.7. The van der Waals surface area contributed by atoms with E-state index in [4.69, 9.17) is 10.5 Å². The molecule has 0 amide bonds. The molecule has 13 heavy (non-hydrogen) atoms. The van der Waals surface area contributed by atoms with Gasteiger partial charge in [0, 0.05) is 13.5 Å². The van der Waals surface area contributed by atoms with Crippen LogP contribution in [0, 0.1) is 11.8 Å². The second-order valence-electron chi connectivity index (χ2n) is 4.34. The summed E-state index contributed by atoms with van der Waals surface area (Å²) in [5.41, 5.74) is 5.29. The molecule has 76 valence electrons. The van der Waals surface area contributed by atoms with E-state index >= 15 is 0 Å². The largest absolute Gasteiger partial charge is 0.458 e. The van der Waals surface area contributed by atoms with Gasteiger partial charge in [0.1, 0.15) is 5.60 Å². The van der Waals surface area contributed by atoms with Gasteiger partial charge in [-0.1, -0.05) is 13.8 Å². The van der Waals surface area contributed by atoms with Gasteiger partial charge in [-0.15, -0.1) is 0 Å². The van der Waals surface area contributed by atoms with E-state index in [2.05, 4.69) is 13.8 Å². The van der Waals surface area contributed by atoms with Crippen LogP contribution < -0.4 is 5.73 Å². The Bertz CT molecular complexity index is 193. The minimum atomic E-state index is -0.370. The highest BCUT2D eigenvalue weighted by Crippen LogP contribution is 2.40. The summed E-state index contributed by atoms with van der Waals surface area (Å²) in [7, 11) is 0. The average molecular weight is 185 g/mol. The Morgan fingerprint density at radius 1 is 1.46 bits per heavy atom. The maximum atomic E-state index is 10.9. The molecule has 1 aliphatic rings. The summed E-state index contributed by atoms with van der Waals surface area (Å²) in [6.07, 6.45) is 1.81. The summed E-state index contributed by atoms with van der Waals surface area (Å²) in [5.74, 6) is 0.984. The Labute approximate surface area is 79.6 Å². The molecule has 0 saturated heterocycles. The van der Waals surface area contributed by atoms with Crippen molar-refractivity contribution in [1.82, 2.24) is 0 Å². The van der Waals surface area contributed by atoms with Crippen molar-refractivity contribution in [3.63, 3.8) is 0 Å². The smallest absolute Gasteiger partial charge is 0.303 e. The van der Waals surface area contributed by atoms with Crippen LogP contribution in [0.25, 0.3) is 0 Å². The van der Waals surface area contributed by atoms with Crippen LogP contribution >= 0.6 is 0 Å². The molecule has 2 N–H and O–H groups in total. The lowest BCUT2D eigenvalue weighted by Gasteiger charge is -2.27. The molecule has 0 spiro atoms. The van der Waals surface area contributed by atoms with Gasteiger partial charge < -0.3 is 10.5 Å². The number of rotatable bonds is 2. The third kappa shape index (κ3) is 2.21. The molecule has 1 aliphatic carbocycles. The van der Waals surface area contributed by atoms with E-state index in [0.717, 1.165) is 12.8 Å². The molecule has 3 nitrogen and oxygen atoms in total. The van der Waals surface area contributed by atoms with Gasteiger partial charge in [0.25, 0.3) is 0 Å². The minimum absolute atomic E-state index is 0.216. The van der Waals surface area contributed by atoms with Crippen LogP contribution in [0.4, 0.5) is 0 Å². The van der Waals surface area contributed by atoms with E-state index in [1.165, 1.54) is 6.92 Å². The summed E-state index contributed by atoms with van der Waals surface area (Å²) in [5, 5.41) is 0. The first-order valence-corrected chi connectivity index (χ1v) is 4.89. The lowest BCUT2D eigenvalue weighted by atomic mass is 10.0. The molecule has 0 bridgehead atoms. The van der Waals surface area contributed by atoms with Crippen molar-refractivity contribution in [2.75, 3.05) is 6.54 Å². The van der Waals surface area contributed by atoms with E-state index in [-0.39, 0.29) is 11.6 Å². The van der Waals surface area contributed by atoms with Crippen molar-refractivity contribution < 1.29 is 9.53 Å². The average Bonchev–Trinajstić information content (AvgIpc) is 2.27. The quantitative estimate of drug-likeness (QED) is 0.660. The van der Waals surface area contributed by atoms with E-state index in [1.807, 2.05) is 0 Å². The second-order valence-corrected chi connectivity index (χ2v) is 4.34. The standard InChI is InChI=1S/C10H19NO2/c1-7-4-10(6-11,5-8(7)2)13-9(3)12/h7-8H,4-6,11H2,1-3H3/t7-,8-/m1/s1. The lowest BCUT2D eigenvalue weighted by molar-refractivity contribution is -0.155. The first-order valence-electron chi connectivity index (χ1n) is 4.89. The predicted octanol–water partition coefficient (Wildman–Crippen LogP) is 1.31. The summed E-state index contributed by atoms with van der Waals surface area (Å²) >= 11 is 0. The van der Waals surface area contributed by atoms with E-state index in [9.17, 15) is 4.79 Å². The molecule has 0 heterocycles. The third-order valence-electron chi connectivity index (χ3n) is 3.09. The van der Waals surface area contributed by atoms with Crippen LogP contribution in [0.3, 0.4) is 0 Å². The molecular weight excluding hydrogens is 166 g/mol. The number of carbonyl (C=O) groups is 1. The lowest BCUT2D eigenvalue weighted by Crippen LogP contribution is -2.39. The van der Waals surface area contributed by atoms with Gasteiger partial charge in [-0.25, -0.2) is 0 Å². The molecule has 0 aromatic rings. The Balaban J connectivity index is 2.67. The van der Waals surface area contributed by atoms with Crippen molar-refractivity contribution in [2.45, 2.75) is 39.2 Å². The number of hydrogen-bond acceptors (Lipinski definition) is 3. The fourth-order valence-corrected chi connectivity index (χ4v) is 2.26. The minimum Gasteiger partial charge on any atom is -0.458 e. The molecule has 3 heteroatoms. The van der Waals surface area contributed by atoms with Gasteiger partial charge in [-0.2, -0.15) is 0 Å². The molecule has 0 aromatic heterocycles. The highest BCUT2D eigenvalue weighted by Gasteiger charge is 2.43. The van der Waals surface area contributed by atoms with Gasteiger partial charge in [0.15, 0.2) is 0 Å². The monoisotopic (exact) mass is 185 g/mol. The van der Waals surface area contributed by atoms with Gasteiger partial charge in [0.2, 0.25) is 0 Å². The van der Waals surface area contributed by atoms with Crippen LogP contribution in [0.15, 0.2) is 0 Å². The molecule has 0 unspecified atom stereocenters. The van der Waals surface area contributed by atoms with Gasteiger partial charge in [-0.05, 0) is 24.7 Å². The maximum absolute atomic E-state index is 10.9. The molecule has 2 atom stereocenters. The SMILES string of the molecule is CC(=O)OC1(CN)C[C@@H](C)[C@H](C)C1. The summed E-state index contributed by atoms with van der Waals surface area (Å²) < 4.78 is 5.32. The van der Waals surface area contributed by atoms with Gasteiger partial charge in [-0.3, -0.25) is 4.79 Å². The van der Waals surface area contributed by atoms with Gasteiger partial charge >= 0.3 is 5.97 Å². The fraction of sp³-hybridized carbons (Fsp3) is 0.900. The summed E-state index contributed by atoms with van der Waals surface area (Å²) in [6, 6.07) is 0. The highest BCUT2D eigenvalue weighted by atomic mass is 16.6. The van der Waals surface area contributed by atoms with E-state index in [0.29, 0.717) is 18.4 Å².